The van der Waals surface area contributed by atoms with Gasteiger partial charge in [0, 0.05) is 25.1 Å². The molecular formula is C20H21N3O3. The number of hydrogen-bond acceptors (Lipinski definition) is 6. The van der Waals surface area contributed by atoms with Gasteiger partial charge in [0.15, 0.2) is 5.82 Å². The lowest BCUT2D eigenvalue weighted by Gasteiger charge is -2.21. The first-order valence-corrected chi connectivity index (χ1v) is 8.74. The molecule has 26 heavy (non-hydrogen) atoms. The van der Waals surface area contributed by atoms with Crippen LogP contribution in [0.25, 0.3) is 0 Å². The van der Waals surface area contributed by atoms with Gasteiger partial charge in [0.25, 0.3) is 0 Å². The van der Waals surface area contributed by atoms with E-state index in [1.54, 1.807) is 12.1 Å². The van der Waals surface area contributed by atoms with Gasteiger partial charge in [-0.1, -0.05) is 53.7 Å². The van der Waals surface area contributed by atoms with Crippen LogP contribution in [-0.2, 0) is 13.0 Å². The van der Waals surface area contributed by atoms with E-state index in [-0.39, 0.29) is 11.8 Å². The van der Waals surface area contributed by atoms with Crippen LogP contribution in [0.3, 0.4) is 0 Å². The minimum Gasteiger partial charge on any atom is -0.508 e. The van der Waals surface area contributed by atoms with E-state index in [1.807, 2.05) is 42.5 Å². The molecule has 0 amide bonds. The second kappa shape index (κ2) is 7.27. The number of aliphatic hydroxyl groups is 1. The van der Waals surface area contributed by atoms with Gasteiger partial charge >= 0.3 is 0 Å². The Bertz CT molecular complexity index is 866. The van der Waals surface area contributed by atoms with Gasteiger partial charge in [-0.25, -0.2) is 0 Å². The minimum absolute atomic E-state index is 0.151. The largest absolute Gasteiger partial charge is 0.508 e. The first-order chi connectivity index (χ1) is 12.7. The molecule has 0 saturated carbocycles. The summed E-state index contributed by atoms with van der Waals surface area (Å²) in [5.74, 6) is 1.40. The van der Waals surface area contributed by atoms with Gasteiger partial charge in [-0.05, 0) is 18.1 Å². The molecule has 0 radical (unpaired) electrons. The molecule has 2 atom stereocenters. The first-order valence-electron chi connectivity index (χ1n) is 8.74. The van der Waals surface area contributed by atoms with Crippen molar-refractivity contribution in [1.29, 1.82) is 0 Å². The predicted octanol–water partition coefficient (Wildman–Crippen LogP) is 2.67. The molecule has 6 heteroatoms. The predicted molar refractivity (Wildman–Crippen MR) is 95.4 cm³/mol. The Morgan fingerprint density at radius 3 is 2.65 bits per heavy atom. The zero-order chi connectivity index (χ0) is 17.9. The molecule has 2 unspecified atom stereocenters. The minimum atomic E-state index is -0.449. The van der Waals surface area contributed by atoms with Crippen LogP contribution in [0.15, 0.2) is 59.1 Å². The zero-order valence-corrected chi connectivity index (χ0v) is 14.3. The smallest absolute Gasteiger partial charge is 0.244 e. The van der Waals surface area contributed by atoms with Gasteiger partial charge in [-0.2, -0.15) is 4.98 Å². The van der Waals surface area contributed by atoms with E-state index in [4.69, 9.17) is 4.52 Å². The van der Waals surface area contributed by atoms with E-state index in [2.05, 4.69) is 15.0 Å². The monoisotopic (exact) mass is 351 g/mol. The van der Waals surface area contributed by atoms with E-state index >= 15 is 0 Å². The maximum Gasteiger partial charge on any atom is 0.244 e. The molecule has 2 heterocycles. The fourth-order valence-electron chi connectivity index (χ4n) is 3.43. The second-order valence-corrected chi connectivity index (χ2v) is 6.67. The third kappa shape index (κ3) is 3.61. The lowest BCUT2D eigenvalue weighted by Crippen LogP contribution is -2.24. The molecule has 0 bridgehead atoms. The van der Waals surface area contributed by atoms with Crippen LogP contribution in [0.2, 0.25) is 0 Å². The summed E-state index contributed by atoms with van der Waals surface area (Å²) >= 11 is 0. The molecule has 1 fully saturated rings. The zero-order valence-electron chi connectivity index (χ0n) is 14.3. The van der Waals surface area contributed by atoms with E-state index < -0.39 is 6.10 Å². The number of nitrogens with zero attached hydrogens (tertiary/aromatic N) is 3. The first kappa shape index (κ1) is 16.8. The lowest BCUT2D eigenvalue weighted by molar-refractivity contribution is 0.168. The third-order valence-electron chi connectivity index (χ3n) is 4.72. The molecule has 3 aromatic rings. The number of phenolic OH excluding ortho intramolecular Hbond substituents is 1. The number of hydrogen-bond donors (Lipinski definition) is 2. The number of β-amino-alcohol motifs (C(OH)–C–C–N with tert-alkyl or cyclic N) is 1. The summed E-state index contributed by atoms with van der Waals surface area (Å²) in [6.45, 7) is 1.03. The number of benzene rings is 2. The van der Waals surface area contributed by atoms with Crippen LogP contribution < -0.4 is 0 Å². The van der Waals surface area contributed by atoms with Crippen molar-refractivity contribution in [1.82, 2.24) is 15.0 Å². The Kier molecular flexibility index (Phi) is 4.69. The van der Waals surface area contributed by atoms with E-state index in [9.17, 15) is 10.2 Å². The van der Waals surface area contributed by atoms with Gasteiger partial charge in [-0.15, -0.1) is 0 Å². The van der Waals surface area contributed by atoms with Crippen LogP contribution in [0, 0.1) is 0 Å². The van der Waals surface area contributed by atoms with Crippen LogP contribution in [0.1, 0.15) is 35.3 Å². The highest BCUT2D eigenvalue weighted by atomic mass is 16.5. The number of aromatic nitrogens is 2. The van der Waals surface area contributed by atoms with Crippen molar-refractivity contribution in [2.24, 2.45) is 0 Å². The fraction of sp³-hybridized carbons (Fsp3) is 0.300. The topological polar surface area (TPSA) is 82.6 Å². The summed E-state index contributed by atoms with van der Waals surface area (Å²) in [4.78, 5) is 6.61. The third-order valence-corrected chi connectivity index (χ3v) is 4.72. The summed E-state index contributed by atoms with van der Waals surface area (Å²) in [5.41, 5.74) is 1.94. The molecule has 2 N–H and O–H groups in total. The molecule has 134 valence electrons. The van der Waals surface area contributed by atoms with E-state index in [1.165, 1.54) is 0 Å². The molecule has 6 nitrogen and oxygen atoms in total. The Hall–Kier alpha value is -2.70. The number of para-hydroxylation sites is 1. The molecule has 1 aliphatic heterocycles. The number of rotatable bonds is 5. The average Bonchev–Trinajstić information content (AvgIpc) is 3.24. The Labute approximate surface area is 151 Å². The quantitative estimate of drug-likeness (QED) is 0.735. The van der Waals surface area contributed by atoms with Crippen molar-refractivity contribution in [3.05, 3.63) is 77.4 Å². The van der Waals surface area contributed by atoms with Crippen molar-refractivity contribution in [2.45, 2.75) is 31.5 Å². The van der Waals surface area contributed by atoms with Crippen molar-refractivity contribution >= 4 is 0 Å². The molecule has 1 saturated heterocycles. The number of aromatic hydroxyl groups is 1. The number of phenols is 1. The van der Waals surface area contributed by atoms with Crippen LogP contribution in [0.4, 0.5) is 0 Å². The molecule has 0 spiro atoms. The van der Waals surface area contributed by atoms with Crippen molar-refractivity contribution < 1.29 is 14.7 Å². The summed E-state index contributed by atoms with van der Waals surface area (Å²) < 4.78 is 5.49. The van der Waals surface area contributed by atoms with Crippen molar-refractivity contribution in [3.63, 3.8) is 0 Å². The molecule has 2 aromatic carbocycles. The molecule has 1 aromatic heterocycles. The summed E-state index contributed by atoms with van der Waals surface area (Å²) in [6, 6.07) is 17.1. The van der Waals surface area contributed by atoms with Crippen LogP contribution >= 0.6 is 0 Å². The van der Waals surface area contributed by atoms with E-state index in [0.717, 1.165) is 11.1 Å². The second-order valence-electron chi connectivity index (χ2n) is 6.67. The molecule has 1 aliphatic rings. The highest BCUT2D eigenvalue weighted by Crippen LogP contribution is 2.33. The van der Waals surface area contributed by atoms with E-state index in [0.29, 0.717) is 37.6 Å². The maximum absolute atomic E-state index is 10.1. The van der Waals surface area contributed by atoms with Gasteiger partial charge < -0.3 is 14.7 Å². The van der Waals surface area contributed by atoms with Crippen molar-refractivity contribution in [3.8, 4) is 5.75 Å². The Morgan fingerprint density at radius 2 is 1.85 bits per heavy atom. The SMILES string of the molecule is Oc1ccccc1CN1CC(O)CC1c1nc(Cc2ccccc2)no1. The Balaban J connectivity index is 1.51. The van der Waals surface area contributed by atoms with Crippen LogP contribution in [0.5, 0.6) is 5.75 Å². The number of likely N-dealkylation sites (tertiary alicyclic amines) is 1. The number of aliphatic hydroxyl groups excluding tert-OH is 1. The maximum atomic E-state index is 10.1. The fourth-order valence-corrected chi connectivity index (χ4v) is 3.43. The summed E-state index contributed by atoms with van der Waals surface area (Å²) in [6.07, 6.45) is 0.704. The molecule has 0 aliphatic carbocycles. The standard InChI is InChI=1S/C20H21N3O3/c24-16-11-17(23(13-16)12-15-8-4-5-9-18(15)25)20-21-19(22-26-20)10-14-6-2-1-3-7-14/h1-9,16-17,24-25H,10-13H2. The highest BCUT2D eigenvalue weighted by molar-refractivity contribution is 5.31. The summed E-state index contributed by atoms with van der Waals surface area (Å²) in [5, 5.41) is 24.2. The van der Waals surface area contributed by atoms with Gasteiger partial charge in [0.1, 0.15) is 5.75 Å². The average molecular weight is 351 g/mol. The molecule has 4 rings (SSSR count). The van der Waals surface area contributed by atoms with Crippen LogP contribution in [-0.4, -0.2) is 37.9 Å². The van der Waals surface area contributed by atoms with Gasteiger partial charge in [0.05, 0.1) is 12.1 Å². The Morgan fingerprint density at radius 1 is 1.08 bits per heavy atom. The lowest BCUT2D eigenvalue weighted by atomic mass is 10.1. The molecular weight excluding hydrogens is 330 g/mol. The highest BCUT2D eigenvalue weighted by Gasteiger charge is 2.36. The van der Waals surface area contributed by atoms with Gasteiger partial charge in [0.2, 0.25) is 5.89 Å². The van der Waals surface area contributed by atoms with Crippen molar-refractivity contribution in [2.75, 3.05) is 6.54 Å². The normalized spacial score (nSPS) is 20.5. The van der Waals surface area contributed by atoms with Gasteiger partial charge in [-0.3, -0.25) is 4.90 Å². The summed E-state index contributed by atoms with van der Waals surface area (Å²) in [7, 11) is 0.